The van der Waals surface area contributed by atoms with Crippen molar-refractivity contribution < 1.29 is 13.2 Å². The van der Waals surface area contributed by atoms with Crippen LogP contribution in [0.4, 0.5) is 0 Å². The Kier molecular flexibility index (Phi) is 7.44. The van der Waals surface area contributed by atoms with Crippen LogP contribution in [0.1, 0.15) is 50.5 Å². The summed E-state index contributed by atoms with van der Waals surface area (Å²) in [5.74, 6) is 0.134. The number of sulfone groups is 1. The van der Waals surface area contributed by atoms with Crippen molar-refractivity contribution in [1.29, 1.82) is 0 Å². The molecule has 0 heterocycles. The molecule has 0 atom stereocenters. The summed E-state index contributed by atoms with van der Waals surface area (Å²) in [5, 5.41) is 2.87. The Morgan fingerprint density at radius 1 is 1.12 bits per heavy atom. The van der Waals surface area contributed by atoms with Gasteiger partial charge in [0.1, 0.15) is 0 Å². The van der Waals surface area contributed by atoms with Gasteiger partial charge in [0.25, 0.3) is 0 Å². The van der Waals surface area contributed by atoms with Crippen LogP contribution in [0.2, 0.25) is 0 Å². The molecule has 0 aliphatic heterocycles. The van der Waals surface area contributed by atoms with Crippen molar-refractivity contribution >= 4 is 15.7 Å². The highest BCUT2D eigenvalue weighted by molar-refractivity contribution is 7.90. The Bertz CT molecular complexity index is 638. The lowest BCUT2D eigenvalue weighted by molar-refractivity contribution is -0.123. The van der Waals surface area contributed by atoms with Gasteiger partial charge in [-0.05, 0) is 36.8 Å². The average Bonchev–Trinajstić information content (AvgIpc) is 2.60. The standard InChI is InChI=1S/C19H30N2O3S/c20-16-19(10-5-2-6-11-19)14-18(22)21-12-7-13-25(23,24)15-17-8-3-1-4-9-17/h1,3-4,8-9H,2,5-7,10-16,20H2,(H,21,22). The summed E-state index contributed by atoms with van der Waals surface area (Å²) >= 11 is 0. The number of amides is 1. The number of benzene rings is 1. The molecule has 1 amide bonds. The molecule has 0 saturated heterocycles. The Balaban J connectivity index is 1.70. The van der Waals surface area contributed by atoms with Crippen LogP contribution < -0.4 is 11.1 Å². The van der Waals surface area contributed by atoms with Gasteiger partial charge in [-0.3, -0.25) is 4.79 Å². The molecule has 1 aliphatic rings. The van der Waals surface area contributed by atoms with Crippen molar-refractivity contribution in [2.45, 2.75) is 50.7 Å². The molecule has 25 heavy (non-hydrogen) atoms. The minimum Gasteiger partial charge on any atom is -0.356 e. The first-order chi connectivity index (χ1) is 11.9. The molecular weight excluding hydrogens is 336 g/mol. The predicted molar refractivity (Wildman–Crippen MR) is 101 cm³/mol. The summed E-state index contributed by atoms with van der Waals surface area (Å²) in [7, 11) is -3.15. The third-order valence-electron chi connectivity index (χ3n) is 5.07. The maximum absolute atomic E-state index is 12.2. The van der Waals surface area contributed by atoms with E-state index in [0.29, 0.717) is 25.9 Å². The number of nitrogens with two attached hydrogens (primary N) is 1. The summed E-state index contributed by atoms with van der Waals surface area (Å²) in [6.45, 7) is 0.944. The second kappa shape index (κ2) is 9.34. The molecule has 0 unspecified atom stereocenters. The van der Waals surface area contributed by atoms with E-state index in [1.165, 1.54) is 6.42 Å². The summed E-state index contributed by atoms with van der Waals surface area (Å²) in [6, 6.07) is 9.17. The summed E-state index contributed by atoms with van der Waals surface area (Å²) in [6.07, 6.45) is 6.44. The fraction of sp³-hybridized carbons (Fsp3) is 0.632. The molecule has 0 aromatic heterocycles. The Morgan fingerprint density at radius 3 is 2.44 bits per heavy atom. The second-order valence-corrected chi connectivity index (χ2v) is 9.41. The summed E-state index contributed by atoms with van der Waals surface area (Å²) < 4.78 is 24.3. The number of hydrogen-bond acceptors (Lipinski definition) is 4. The molecule has 1 aromatic carbocycles. The van der Waals surface area contributed by atoms with Gasteiger partial charge in [-0.25, -0.2) is 8.42 Å². The number of carbonyl (C=O) groups excluding carboxylic acids is 1. The first-order valence-corrected chi connectivity index (χ1v) is 11.0. The summed E-state index contributed by atoms with van der Waals surface area (Å²) in [5.41, 5.74) is 6.66. The van der Waals surface area contributed by atoms with Crippen molar-refractivity contribution in [3.8, 4) is 0 Å². The number of rotatable bonds is 9. The molecule has 6 heteroatoms. The van der Waals surface area contributed by atoms with Crippen LogP contribution in [0.5, 0.6) is 0 Å². The Hall–Kier alpha value is -1.40. The van der Waals surface area contributed by atoms with E-state index in [9.17, 15) is 13.2 Å². The second-order valence-electron chi connectivity index (χ2n) is 7.22. The lowest BCUT2D eigenvalue weighted by Gasteiger charge is -2.35. The van der Waals surface area contributed by atoms with Gasteiger partial charge in [0, 0.05) is 13.0 Å². The van der Waals surface area contributed by atoms with Gasteiger partial charge in [0.05, 0.1) is 11.5 Å². The predicted octanol–water partition coefficient (Wildman–Crippen LogP) is 2.41. The van der Waals surface area contributed by atoms with Crippen molar-refractivity contribution in [2.24, 2.45) is 11.1 Å². The number of nitrogens with one attached hydrogen (secondary N) is 1. The van der Waals surface area contributed by atoms with Crippen LogP contribution in [0, 0.1) is 5.41 Å². The van der Waals surface area contributed by atoms with Gasteiger partial charge in [0.15, 0.2) is 9.84 Å². The van der Waals surface area contributed by atoms with Gasteiger partial charge in [-0.15, -0.1) is 0 Å². The molecule has 3 N–H and O–H groups in total. The normalized spacial score (nSPS) is 17.2. The molecule has 1 aromatic rings. The molecular formula is C19H30N2O3S. The minimum absolute atomic E-state index is 0.00666. The lowest BCUT2D eigenvalue weighted by Crippen LogP contribution is -2.39. The average molecular weight is 367 g/mol. The van der Waals surface area contributed by atoms with Crippen LogP contribution in [0.15, 0.2) is 30.3 Å². The molecule has 0 spiro atoms. The molecule has 1 aliphatic carbocycles. The fourth-order valence-electron chi connectivity index (χ4n) is 3.58. The van der Waals surface area contributed by atoms with E-state index < -0.39 is 9.84 Å². The van der Waals surface area contributed by atoms with Crippen molar-refractivity contribution in [2.75, 3.05) is 18.8 Å². The zero-order valence-corrected chi connectivity index (χ0v) is 15.7. The zero-order chi connectivity index (χ0) is 18.2. The SMILES string of the molecule is NCC1(CC(=O)NCCCS(=O)(=O)Cc2ccccc2)CCCCC1. The highest BCUT2D eigenvalue weighted by Crippen LogP contribution is 2.38. The molecule has 0 bridgehead atoms. The van der Waals surface area contributed by atoms with Crippen molar-refractivity contribution in [3.63, 3.8) is 0 Å². The Morgan fingerprint density at radius 2 is 1.80 bits per heavy atom. The topological polar surface area (TPSA) is 89.3 Å². The molecule has 1 fully saturated rings. The maximum Gasteiger partial charge on any atom is 0.220 e. The van der Waals surface area contributed by atoms with Gasteiger partial charge in [0.2, 0.25) is 5.91 Å². The van der Waals surface area contributed by atoms with E-state index in [1.54, 1.807) is 0 Å². The zero-order valence-electron chi connectivity index (χ0n) is 14.9. The van der Waals surface area contributed by atoms with Gasteiger partial charge >= 0.3 is 0 Å². The number of carbonyl (C=O) groups is 1. The third kappa shape index (κ3) is 6.78. The van der Waals surface area contributed by atoms with Crippen molar-refractivity contribution in [1.82, 2.24) is 5.32 Å². The van der Waals surface area contributed by atoms with E-state index in [-0.39, 0.29) is 22.8 Å². The summed E-state index contributed by atoms with van der Waals surface area (Å²) in [4.78, 5) is 12.2. The number of hydrogen-bond donors (Lipinski definition) is 2. The molecule has 1 saturated carbocycles. The van der Waals surface area contributed by atoms with Crippen LogP contribution in [0.3, 0.4) is 0 Å². The largest absolute Gasteiger partial charge is 0.356 e. The van der Waals surface area contributed by atoms with Gasteiger partial charge < -0.3 is 11.1 Å². The van der Waals surface area contributed by atoms with E-state index in [2.05, 4.69) is 5.32 Å². The first kappa shape index (κ1) is 19.9. The van der Waals surface area contributed by atoms with Gasteiger partial charge in [-0.2, -0.15) is 0 Å². The van der Waals surface area contributed by atoms with Crippen LogP contribution in [0.25, 0.3) is 0 Å². The van der Waals surface area contributed by atoms with Crippen LogP contribution >= 0.6 is 0 Å². The molecule has 2 rings (SSSR count). The van der Waals surface area contributed by atoms with Gasteiger partial charge in [-0.1, -0.05) is 49.6 Å². The smallest absolute Gasteiger partial charge is 0.220 e. The molecule has 140 valence electrons. The third-order valence-corrected chi connectivity index (χ3v) is 6.75. The fourth-order valence-corrected chi connectivity index (χ4v) is 5.01. The van der Waals surface area contributed by atoms with E-state index in [4.69, 9.17) is 5.73 Å². The van der Waals surface area contributed by atoms with E-state index in [1.807, 2.05) is 30.3 Å². The van der Waals surface area contributed by atoms with E-state index in [0.717, 1.165) is 31.2 Å². The minimum atomic E-state index is -3.15. The lowest BCUT2D eigenvalue weighted by atomic mass is 9.71. The van der Waals surface area contributed by atoms with Crippen molar-refractivity contribution in [3.05, 3.63) is 35.9 Å². The Labute approximate surface area is 151 Å². The highest BCUT2D eigenvalue weighted by Gasteiger charge is 2.32. The molecule has 5 nitrogen and oxygen atoms in total. The molecule has 0 radical (unpaired) electrons. The maximum atomic E-state index is 12.2. The van der Waals surface area contributed by atoms with Crippen LogP contribution in [-0.2, 0) is 20.4 Å². The van der Waals surface area contributed by atoms with E-state index >= 15 is 0 Å². The first-order valence-electron chi connectivity index (χ1n) is 9.16. The van der Waals surface area contributed by atoms with Crippen LogP contribution in [-0.4, -0.2) is 33.2 Å². The quantitative estimate of drug-likeness (QED) is 0.657. The highest BCUT2D eigenvalue weighted by atomic mass is 32.2. The monoisotopic (exact) mass is 366 g/mol.